The van der Waals surface area contributed by atoms with Gasteiger partial charge in [-0.1, -0.05) is 32.6 Å². The predicted octanol–water partition coefficient (Wildman–Crippen LogP) is 5.01. The van der Waals surface area contributed by atoms with Gasteiger partial charge in [-0.05, 0) is 67.2 Å². The summed E-state index contributed by atoms with van der Waals surface area (Å²) in [4.78, 5) is 29.8. The smallest absolute Gasteiger partial charge is 0.256 e. The molecule has 2 aromatic rings. The molecule has 3 rings (SSSR count). The number of methoxy groups -OCH3 is 2. The number of nitrogens with zero attached hydrogens (tertiary/aromatic N) is 2. The Bertz CT molecular complexity index is 979. The summed E-state index contributed by atoms with van der Waals surface area (Å²) in [6, 6.07) is 13.7. The molecule has 2 amide bonds. The summed E-state index contributed by atoms with van der Waals surface area (Å²) in [5, 5.41) is 3.32. The van der Waals surface area contributed by atoms with Crippen molar-refractivity contribution < 1.29 is 19.1 Å². The molecule has 7 nitrogen and oxygen atoms in total. The van der Waals surface area contributed by atoms with Crippen LogP contribution >= 0.6 is 12.2 Å². The van der Waals surface area contributed by atoms with E-state index in [-0.39, 0.29) is 18.2 Å². The highest BCUT2D eigenvalue weighted by molar-refractivity contribution is 7.80. The minimum Gasteiger partial charge on any atom is -0.497 e. The molecule has 1 N–H and O–H groups in total. The van der Waals surface area contributed by atoms with Crippen LogP contribution in [0.4, 0.5) is 11.4 Å². The zero-order valence-corrected chi connectivity index (χ0v) is 20.9. The van der Waals surface area contributed by atoms with Crippen LogP contribution < -0.4 is 19.7 Å². The Kier molecular flexibility index (Phi) is 9.27. The van der Waals surface area contributed by atoms with Crippen molar-refractivity contribution >= 4 is 40.5 Å². The predicted molar refractivity (Wildman–Crippen MR) is 139 cm³/mol. The molecule has 1 heterocycles. The highest BCUT2D eigenvalue weighted by Gasteiger charge is 2.43. The number of thiocarbonyl (C=S) groups is 1. The van der Waals surface area contributed by atoms with E-state index in [1.165, 1.54) is 17.7 Å². The SMILES string of the molecule is CCCCCCCN1C(=S)N(c2ccc(OC)cc2)C(=O)C1CC(=O)Nc1ccc(OC)cc1. The van der Waals surface area contributed by atoms with Crippen LogP contribution in [0.3, 0.4) is 0 Å². The van der Waals surface area contributed by atoms with Crippen molar-refractivity contribution in [3.8, 4) is 11.5 Å². The third kappa shape index (κ3) is 6.26. The van der Waals surface area contributed by atoms with Gasteiger partial charge in [0.05, 0.1) is 26.3 Å². The third-order valence-corrected chi connectivity index (χ3v) is 6.32. The van der Waals surface area contributed by atoms with E-state index in [0.29, 0.717) is 34.5 Å². The number of benzene rings is 2. The number of unbranched alkanes of at least 4 members (excludes halogenated alkanes) is 4. The van der Waals surface area contributed by atoms with Gasteiger partial charge < -0.3 is 19.7 Å². The number of hydrogen-bond acceptors (Lipinski definition) is 5. The number of anilines is 2. The molecule has 1 aliphatic rings. The Hall–Kier alpha value is -3.13. The van der Waals surface area contributed by atoms with Crippen molar-refractivity contribution in [1.82, 2.24) is 4.90 Å². The van der Waals surface area contributed by atoms with Gasteiger partial charge in [0.15, 0.2) is 5.11 Å². The van der Waals surface area contributed by atoms with E-state index < -0.39 is 6.04 Å². The lowest BCUT2D eigenvalue weighted by molar-refractivity contribution is -0.124. The maximum Gasteiger partial charge on any atom is 0.256 e. The van der Waals surface area contributed by atoms with Gasteiger partial charge in [-0.15, -0.1) is 0 Å². The van der Waals surface area contributed by atoms with Gasteiger partial charge in [0.25, 0.3) is 5.91 Å². The number of rotatable bonds is 12. The summed E-state index contributed by atoms with van der Waals surface area (Å²) in [5.74, 6) is 0.982. The minimum atomic E-state index is -0.640. The van der Waals surface area contributed by atoms with Crippen LogP contribution in [-0.2, 0) is 9.59 Å². The number of carbonyl (C=O) groups excluding carboxylic acids is 2. The molecule has 34 heavy (non-hydrogen) atoms. The quantitative estimate of drug-likeness (QED) is 0.338. The van der Waals surface area contributed by atoms with Crippen molar-refractivity contribution in [2.45, 2.75) is 51.5 Å². The molecule has 0 saturated carbocycles. The van der Waals surface area contributed by atoms with E-state index in [4.69, 9.17) is 21.7 Å². The molecule has 2 aromatic carbocycles. The number of nitrogens with one attached hydrogen (secondary N) is 1. The van der Waals surface area contributed by atoms with E-state index in [2.05, 4.69) is 12.2 Å². The topological polar surface area (TPSA) is 71.1 Å². The Morgan fingerprint density at radius 1 is 0.941 bits per heavy atom. The lowest BCUT2D eigenvalue weighted by Gasteiger charge is -2.24. The van der Waals surface area contributed by atoms with Crippen molar-refractivity contribution in [3.05, 3.63) is 48.5 Å². The Morgan fingerprint density at radius 3 is 2.12 bits per heavy atom. The van der Waals surface area contributed by atoms with E-state index in [9.17, 15) is 9.59 Å². The number of carbonyl (C=O) groups is 2. The maximum absolute atomic E-state index is 13.5. The van der Waals surface area contributed by atoms with E-state index in [1.54, 1.807) is 50.6 Å². The fraction of sp³-hybridized carbons (Fsp3) is 0.423. The van der Waals surface area contributed by atoms with Gasteiger partial charge in [0, 0.05) is 12.2 Å². The van der Waals surface area contributed by atoms with Gasteiger partial charge in [-0.25, -0.2) is 0 Å². The molecule has 1 unspecified atom stereocenters. The second-order valence-electron chi connectivity index (χ2n) is 8.26. The van der Waals surface area contributed by atoms with Crippen LogP contribution in [0, 0.1) is 0 Å². The molecular weight excluding hydrogens is 450 g/mol. The normalized spacial score (nSPS) is 15.6. The monoisotopic (exact) mass is 483 g/mol. The molecule has 1 fully saturated rings. The van der Waals surface area contributed by atoms with Crippen LogP contribution in [0.2, 0.25) is 0 Å². The molecule has 0 radical (unpaired) electrons. The van der Waals surface area contributed by atoms with E-state index >= 15 is 0 Å². The number of ether oxygens (including phenoxy) is 2. The van der Waals surface area contributed by atoms with E-state index in [1.807, 2.05) is 17.0 Å². The fourth-order valence-electron chi connectivity index (χ4n) is 4.00. The second-order valence-corrected chi connectivity index (χ2v) is 8.62. The molecule has 1 atom stereocenters. The molecular formula is C26H33N3O4S. The second kappa shape index (κ2) is 12.4. The number of hydrogen-bond donors (Lipinski definition) is 1. The summed E-state index contributed by atoms with van der Waals surface area (Å²) in [7, 11) is 3.19. The van der Waals surface area contributed by atoms with Crippen molar-refractivity contribution in [3.63, 3.8) is 0 Å². The largest absolute Gasteiger partial charge is 0.497 e. The molecule has 0 aliphatic carbocycles. The summed E-state index contributed by atoms with van der Waals surface area (Å²) >= 11 is 5.72. The van der Waals surface area contributed by atoms with Crippen LogP contribution in [0.5, 0.6) is 11.5 Å². The zero-order valence-electron chi connectivity index (χ0n) is 20.1. The van der Waals surface area contributed by atoms with Gasteiger partial charge in [-0.2, -0.15) is 0 Å². The standard InChI is InChI=1S/C26H33N3O4S/c1-4-5-6-7-8-17-28-23(18-24(30)27-19-9-13-21(32-2)14-10-19)25(31)29(26(28)34)20-11-15-22(33-3)16-12-20/h9-16,23H,4-8,17-18H2,1-3H3,(H,27,30). The average molecular weight is 484 g/mol. The Balaban J connectivity index is 1.74. The van der Waals surface area contributed by atoms with Gasteiger partial charge >= 0.3 is 0 Å². The summed E-state index contributed by atoms with van der Waals surface area (Å²) < 4.78 is 10.4. The minimum absolute atomic E-state index is 0.0205. The van der Waals surface area contributed by atoms with Crippen LogP contribution in [-0.4, -0.2) is 48.6 Å². The van der Waals surface area contributed by atoms with Crippen molar-refractivity contribution in [2.24, 2.45) is 0 Å². The first-order chi connectivity index (χ1) is 16.5. The van der Waals surface area contributed by atoms with Crippen molar-refractivity contribution in [1.29, 1.82) is 0 Å². The molecule has 0 spiro atoms. The van der Waals surface area contributed by atoms with Crippen LogP contribution in [0.15, 0.2) is 48.5 Å². The van der Waals surface area contributed by atoms with Gasteiger partial charge in [0.2, 0.25) is 5.91 Å². The Morgan fingerprint density at radius 2 is 1.53 bits per heavy atom. The highest BCUT2D eigenvalue weighted by Crippen LogP contribution is 2.29. The molecule has 182 valence electrons. The molecule has 8 heteroatoms. The molecule has 0 bridgehead atoms. The summed E-state index contributed by atoms with van der Waals surface area (Å²) in [6.45, 7) is 2.82. The average Bonchev–Trinajstić information content (AvgIpc) is 3.08. The first-order valence-electron chi connectivity index (χ1n) is 11.7. The fourth-order valence-corrected chi connectivity index (χ4v) is 4.42. The molecule has 0 aromatic heterocycles. The van der Waals surface area contributed by atoms with Gasteiger partial charge in [-0.3, -0.25) is 14.5 Å². The molecule has 1 saturated heterocycles. The summed E-state index contributed by atoms with van der Waals surface area (Å²) in [6.07, 6.45) is 5.51. The van der Waals surface area contributed by atoms with Crippen LogP contribution in [0.25, 0.3) is 0 Å². The van der Waals surface area contributed by atoms with Crippen molar-refractivity contribution in [2.75, 3.05) is 31.0 Å². The number of amides is 2. The lowest BCUT2D eigenvalue weighted by Crippen LogP contribution is -2.38. The van der Waals surface area contributed by atoms with E-state index in [0.717, 1.165) is 19.3 Å². The zero-order chi connectivity index (χ0) is 24.5. The molecule has 1 aliphatic heterocycles. The first-order valence-corrected chi connectivity index (χ1v) is 12.1. The van der Waals surface area contributed by atoms with Gasteiger partial charge in [0.1, 0.15) is 17.5 Å². The highest BCUT2D eigenvalue weighted by atomic mass is 32.1. The first kappa shape index (κ1) is 25.5. The third-order valence-electron chi connectivity index (χ3n) is 5.90. The Labute approximate surface area is 207 Å². The lowest BCUT2D eigenvalue weighted by atomic mass is 10.1. The van der Waals surface area contributed by atoms with Crippen LogP contribution in [0.1, 0.15) is 45.4 Å². The summed E-state index contributed by atoms with van der Waals surface area (Å²) in [5.41, 5.74) is 1.32. The maximum atomic E-state index is 13.5.